The number of nitrogens with zero attached hydrogens (tertiary/aromatic N) is 2. The van der Waals surface area contributed by atoms with Crippen LogP contribution < -0.4 is 4.74 Å². The van der Waals surface area contributed by atoms with Crippen LogP contribution in [0.5, 0.6) is 5.75 Å². The molecule has 0 aliphatic rings. The summed E-state index contributed by atoms with van der Waals surface area (Å²) < 4.78 is 38.6. The maximum atomic E-state index is 11.2. The van der Waals surface area contributed by atoms with E-state index in [2.05, 4.69) is 4.98 Å². The molecule has 0 atom stereocenters. The van der Waals surface area contributed by atoms with Crippen LogP contribution in [0.4, 0.5) is 0 Å². The number of hydrogen-bond acceptors (Lipinski definition) is 4. The number of halogens is 1. The van der Waals surface area contributed by atoms with Crippen LogP contribution in [0.2, 0.25) is 5.15 Å². The monoisotopic (exact) mass is 378 g/mol. The molecule has 0 aliphatic heterocycles. The molecule has 3 aromatic rings. The van der Waals surface area contributed by atoms with Gasteiger partial charge in [-0.3, -0.25) is 9.12 Å². The van der Waals surface area contributed by atoms with Crippen molar-refractivity contribution >= 4 is 21.7 Å². The molecular formula is C17H15ClN2O4S. The Kier molecular flexibility index (Phi) is 4.80. The molecule has 130 valence electrons. The molecule has 0 radical (unpaired) electrons. The Morgan fingerprint density at radius 2 is 1.76 bits per heavy atom. The van der Waals surface area contributed by atoms with Crippen molar-refractivity contribution < 1.29 is 17.7 Å². The highest BCUT2D eigenvalue weighted by Gasteiger charge is 2.15. The molecule has 25 heavy (non-hydrogen) atoms. The second-order valence-corrected chi connectivity index (χ2v) is 6.96. The van der Waals surface area contributed by atoms with Gasteiger partial charge in [0.2, 0.25) is 0 Å². The van der Waals surface area contributed by atoms with Crippen molar-refractivity contribution in [2.24, 2.45) is 0 Å². The van der Waals surface area contributed by atoms with Crippen molar-refractivity contribution in [3.8, 4) is 22.7 Å². The van der Waals surface area contributed by atoms with Crippen LogP contribution in [0.15, 0.2) is 59.8 Å². The van der Waals surface area contributed by atoms with Crippen LogP contribution in [-0.4, -0.2) is 29.1 Å². The molecule has 2 aromatic carbocycles. The van der Waals surface area contributed by atoms with Gasteiger partial charge in [-0.25, -0.2) is 4.98 Å². The number of aromatic nitrogens is 2. The van der Waals surface area contributed by atoms with E-state index < -0.39 is 10.1 Å². The molecule has 3 rings (SSSR count). The topological polar surface area (TPSA) is 81.4 Å². The highest BCUT2D eigenvalue weighted by Crippen LogP contribution is 2.31. The van der Waals surface area contributed by atoms with Gasteiger partial charge in [-0.15, -0.1) is 0 Å². The van der Waals surface area contributed by atoms with E-state index in [4.69, 9.17) is 20.9 Å². The summed E-state index contributed by atoms with van der Waals surface area (Å²) in [4.78, 5) is 3.95. The average Bonchev–Trinajstić information content (AvgIpc) is 2.97. The smallest absolute Gasteiger partial charge is 0.294 e. The summed E-state index contributed by atoms with van der Waals surface area (Å²) in [5.41, 5.74) is 2.17. The van der Waals surface area contributed by atoms with Gasteiger partial charge < -0.3 is 4.74 Å². The molecule has 1 heterocycles. The van der Waals surface area contributed by atoms with Gasteiger partial charge in [0.05, 0.1) is 17.2 Å². The largest absolute Gasteiger partial charge is 0.494 e. The number of benzene rings is 2. The fraction of sp³-hybridized carbons (Fsp3) is 0.118. The molecule has 0 amide bonds. The lowest BCUT2D eigenvalue weighted by atomic mass is 10.1. The predicted molar refractivity (Wildman–Crippen MR) is 95.0 cm³/mol. The van der Waals surface area contributed by atoms with Gasteiger partial charge in [0.15, 0.2) is 5.15 Å². The van der Waals surface area contributed by atoms with Gasteiger partial charge in [0.25, 0.3) is 10.1 Å². The molecule has 6 nitrogen and oxygen atoms in total. The van der Waals surface area contributed by atoms with Crippen LogP contribution >= 0.6 is 11.6 Å². The highest BCUT2D eigenvalue weighted by atomic mass is 35.5. The molecular weight excluding hydrogens is 364 g/mol. The summed E-state index contributed by atoms with van der Waals surface area (Å²) >= 11 is 6.24. The average molecular weight is 379 g/mol. The minimum atomic E-state index is -4.23. The summed E-state index contributed by atoms with van der Waals surface area (Å²) in [5, 5.41) is 0.322. The molecule has 1 aromatic heterocycles. The minimum Gasteiger partial charge on any atom is -0.494 e. The van der Waals surface area contributed by atoms with Crippen molar-refractivity contribution in [1.29, 1.82) is 0 Å². The van der Waals surface area contributed by atoms with Crippen molar-refractivity contribution in [3.63, 3.8) is 0 Å². The Hall–Kier alpha value is -2.35. The van der Waals surface area contributed by atoms with Crippen molar-refractivity contribution in [2.45, 2.75) is 11.8 Å². The van der Waals surface area contributed by atoms with E-state index in [0.717, 1.165) is 11.3 Å². The van der Waals surface area contributed by atoms with E-state index in [1.54, 1.807) is 23.0 Å². The standard InChI is InChI=1S/C17H15ClN2O4S/c1-2-24-14-7-3-12(4-8-14)16-17(18)19-11-20(16)13-5-9-15(10-6-13)25(21,22)23/h3-11H,2H2,1H3,(H,21,22,23). The number of hydrogen-bond donors (Lipinski definition) is 1. The predicted octanol–water partition coefficient (Wildman–Crippen LogP) is 3.84. The molecule has 0 saturated carbocycles. The molecule has 0 aliphatic carbocycles. The summed E-state index contributed by atoms with van der Waals surface area (Å²) in [6.07, 6.45) is 1.55. The normalized spacial score (nSPS) is 11.5. The van der Waals surface area contributed by atoms with E-state index in [9.17, 15) is 8.42 Å². The first-order valence-electron chi connectivity index (χ1n) is 7.44. The lowest BCUT2D eigenvalue weighted by molar-refractivity contribution is 0.340. The highest BCUT2D eigenvalue weighted by molar-refractivity contribution is 7.85. The summed E-state index contributed by atoms with van der Waals surface area (Å²) in [6.45, 7) is 2.49. The van der Waals surface area contributed by atoms with Gasteiger partial charge in [-0.1, -0.05) is 11.6 Å². The SMILES string of the molecule is CCOc1ccc(-c2c(Cl)ncn2-c2ccc(S(=O)(=O)O)cc2)cc1. The van der Waals surface area contributed by atoms with E-state index in [1.165, 1.54) is 12.1 Å². The van der Waals surface area contributed by atoms with Crippen LogP contribution in [0.25, 0.3) is 16.9 Å². The summed E-state index contributed by atoms with van der Waals surface area (Å²) in [7, 11) is -4.23. The zero-order valence-electron chi connectivity index (χ0n) is 13.3. The lowest BCUT2D eigenvalue weighted by Gasteiger charge is -2.10. The van der Waals surface area contributed by atoms with Gasteiger partial charge in [0, 0.05) is 11.3 Å². The first-order chi connectivity index (χ1) is 11.9. The van der Waals surface area contributed by atoms with Crippen LogP contribution in [0.1, 0.15) is 6.92 Å². The third kappa shape index (κ3) is 3.68. The molecule has 0 fully saturated rings. The Bertz CT molecular complexity index is 980. The van der Waals surface area contributed by atoms with Gasteiger partial charge >= 0.3 is 0 Å². The molecule has 1 N–H and O–H groups in total. The lowest BCUT2D eigenvalue weighted by Crippen LogP contribution is -2.00. The van der Waals surface area contributed by atoms with Crippen molar-refractivity contribution in [3.05, 3.63) is 60.0 Å². The maximum absolute atomic E-state index is 11.2. The van der Waals surface area contributed by atoms with Crippen LogP contribution in [0.3, 0.4) is 0 Å². The first-order valence-corrected chi connectivity index (χ1v) is 9.26. The second-order valence-electron chi connectivity index (χ2n) is 5.18. The Balaban J connectivity index is 2.02. The number of imidazole rings is 1. The minimum absolute atomic E-state index is 0.176. The number of rotatable bonds is 5. The van der Waals surface area contributed by atoms with E-state index in [-0.39, 0.29) is 4.90 Å². The third-order valence-corrected chi connectivity index (χ3v) is 4.72. The Morgan fingerprint density at radius 3 is 2.32 bits per heavy atom. The van der Waals surface area contributed by atoms with Crippen molar-refractivity contribution in [2.75, 3.05) is 6.61 Å². The Morgan fingerprint density at radius 1 is 1.12 bits per heavy atom. The summed E-state index contributed by atoms with van der Waals surface area (Å²) in [5.74, 6) is 0.756. The zero-order valence-corrected chi connectivity index (χ0v) is 14.8. The second kappa shape index (κ2) is 6.87. The Labute approximate surface area is 150 Å². The third-order valence-electron chi connectivity index (χ3n) is 3.57. The van der Waals surface area contributed by atoms with Crippen LogP contribution in [-0.2, 0) is 10.1 Å². The molecule has 0 saturated heterocycles. The van der Waals surface area contributed by atoms with Gasteiger partial charge in [-0.05, 0) is 55.5 Å². The molecule has 0 spiro atoms. The fourth-order valence-corrected chi connectivity index (χ4v) is 3.16. The molecule has 8 heteroatoms. The van der Waals surface area contributed by atoms with E-state index in [0.29, 0.717) is 23.1 Å². The van der Waals surface area contributed by atoms with Gasteiger partial charge in [-0.2, -0.15) is 8.42 Å². The van der Waals surface area contributed by atoms with Crippen molar-refractivity contribution in [1.82, 2.24) is 9.55 Å². The fourth-order valence-electron chi connectivity index (χ4n) is 2.44. The molecule has 0 bridgehead atoms. The molecule has 0 unspecified atom stereocenters. The summed E-state index contributed by atoms with van der Waals surface area (Å²) in [6, 6.07) is 13.2. The van der Waals surface area contributed by atoms with Crippen LogP contribution in [0, 0.1) is 0 Å². The zero-order chi connectivity index (χ0) is 18.0. The van der Waals surface area contributed by atoms with E-state index in [1.807, 2.05) is 31.2 Å². The van der Waals surface area contributed by atoms with Gasteiger partial charge in [0.1, 0.15) is 12.1 Å². The number of ether oxygens (including phenoxy) is 1. The maximum Gasteiger partial charge on any atom is 0.294 e. The van der Waals surface area contributed by atoms with E-state index >= 15 is 0 Å². The first kappa shape index (κ1) is 17.5. The quantitative estimate of drug-likeness (QED) is 0.682.